The molecule has 4 rings (SSSR count). The Bertz CT molecular complexity index is 1230. The third-order valence-corrected chi connectivity index (χ3v) is 6.64. The number of fused-ring (bicyclic) bond motifs is 1. The molecule has 5 nitrogen and oxygen atoms in total. The molecule has 0 atom stereocenters. The molecule has 1 aliphatic rings. The van der Waals surface area contributed by atoms with E-state index >= 15 is 0 Å². The molecule has 166 valence electrons. The number of hydrogen-bond donors (Lipinski definition) is 1. The molecule has 2 heterocycles. The fraction of sp³-hybridized carbons (Fsp3) is 0.190. The number of amides is 1. The van der Waals surface area contributed by atoms with E-state index in [0.717, 1.165) is 17.8 Å². The van der Waals surface area contributed by atoms with Crippen LogP contribution in [0.1, 0.15) is 11.3 Å². The van der Waals surface area contributed by atoms with Gasteiger partial charge in [0.05, 0.1) is 33.3 Å². The molecule has 0 spiro atoms. The predicted octanol–water partition coefficient (Wildman–Crippen LogP) is 4.77. The van der Waals surface area contributed by atoms with Gasteiger partial charge in [-0.2, -0.15) is 13.2 Å². The minimum Gasteiger partial charge on any atom is -0.325 e. The van der Waals surface area contributed by atoms with E-state index in [1.165, 1.54) is 58.8 Å². The van der Waals surface area contributed by atoms with Crippen molar-refractivity contribution in [1.82, 2.24) is 9.55 Å². The summed E-state index contributed by atoms with van der Waals surface area (Å²) < 4.78 is 54.1. The van der Waals surface area contributed by atoms with Crippen LogP contribution in [0, 0.1) is 5.82 Å². The van der Waals surface area contributed by atoms with E-state index in [-0.39, 0.29) is 22.2 Å². The number of rotatable bonds is 5. The van der Waals surface area contributed by atoms with Crippen LogP contribution in [0.15, 0.2) is 63.4 Å². The van der Waals surface area contributed by atoms with Gasteiger partial charge in [-0.15, -0.1) is 11.8 Å². The third-order valence-electron chi connectivity index (χ3n) is 4.59. The largest absolute Gasteiger partial charge is 0.418 e. The van der Waals surface area contributed by atoms with Gasteiger partial charge in [-0.3, -0.25) is 14.2 Å². The van der Waals surface area contributed by atoms with Gasteiger partial charge in [-0.05, 0) is 36.4 Å². The maximum absolute atomic E-state index is 13.4. The van der Waals surface area contributed by atoms with E-state index in [1.807, 2.05) is 0 Å². The van der Waals surface area contributed by atoms with Crippen molar-refractivity contribution >= 4 is 35.1 Å². The molecular formula is C21H15F4N3O2S2. The van der Waals surface area contributed by atoms with Crippen molar-refractivity contribution in [3.05, 3.63) is 76.0 Å². The summed E-state index contributed by atoms with van der Waals surface area (Å²) in [6.45, 7) is 0. The van der Waals surface area contributed by atoms with Gasteiger partial charge in [0, 0.05) is 12.2 Å². The van der Waals surface area contributed by atoms with Crippen LogP contribution in [0.3, 0.4) is 0 Å². The van der Waals surface area contributed by atoms with E-state index < -0.39 is 23.5 Å². The molecule has 32 heavy (non-hydrogen) atoms. The van der Waals surface area contributed by atoms with Crippen molar-refractivity contribution in [3.63, 3.8) is 0 Å². The molecule has 1 aliphatic heterocycles. The summed E-state index contributed by atoms with van der Waals surface area (Å²) in [5, 5.41) is 2.48. The Kier molecular flexibility index (Phi) is 6.29. The molecule has 2 aromatic carbocycles. The predicted molar refractivity (Wildman–Crippen MR) is 115 cm³/mol. The lowest BCUT2D eigenvalue weighted by Crippen LogP contribution is -2.25. The standard InChI is InChI=1S/C21H15F4N3O2S2/c22-12-5-7-13(8-6-12)28-19(30)18-16(9-10-31-18)27-20(28)32-11-17(29)26-15-4-2-1-3-14(15)21(23,24)25/h1-8H,9-11H2,(H,26,29). The van der Waals surface area contributed by atoms with Crippen molar-refractivity contribution in [2.24, 2.45) is 0 Å². The summed E-state index contributed by atoms with van der Waals surface area (Å²) in [7, 11) is 0. The van der Waals surface area contributed by atoms with Crippen LogP contribution >= 0.6 is 23.5 Å². The van der Waals surface area contributed by atoms with E-state index in [4.69, 9.17) is 0 Å². The first-order valence-corrected chi connectivity index (χ1v) is 11.3. The molecule has 0 saturated heterocycles. The van der Waals surface area contributed by atoms with Gasteiger partial charge < -0.3 is 5.32 Å². The SMILES string of the molecule is O=C(CSc1nc2c(c(=O)n1-c1ccc(F)cc1)SCC2)Nc1ccccc1C(F)(F)F. The Morgan fingerprint density at radius 2 is 1.88 bits per heavy atom. The van der Waals surface area contributed by atoms with Crippen LogP contribution in [-0.2, 0) is 17.4 Å². The smallest absolute Gasteiger partial charge is 0.325 e. The fourth-order valence-corrected chi connectivity index (χ4v) is 5.02. The van der Waals surface area contributed by atoms with Crippen molar-refractivity contribution in [2.75, 3.05) is 16.8 Å². The maximum atomic E-state index is 13.4. The number of aryl methyl sites for hydroxylation is 1. The molecule has 3 aromatic rings. The number of aromatic nitrogens is 2. The van der Waals surface area contributed by atoms with Crippen molar-refractivity contribution in [2.45, 2.75) is 22.6 Å². The summed E-state index contributed by atoms with van der Waals surface area (Å²) in [5.41, 5.74) is -0.628. The highest BCUT2D eigenvalue weighted by molar-refractivity contribution is 8.00. The Morgan fingerprint density at radius 1 is 1.16 bits per heavy atom. The van der Waals surface area contributed by atoms with Gasteiger partial charge in [0.15, 0.2) is 5.16 Å². The number of para-hydroxylation sites is 1. The van der Waals surface area contributed by atoms with E-state index in [2.05, 4.69) is 10.3 Å². The number of nitrogens with one attached hydrogen (secondary N) is 1. The Labute approximate surface area is 188 Å². The number of hydrogen-bond acceptors (Lipinski definition) is 5. The van der Waals surface area contributed by atoms with Crippen LogP contribution in [-0.4, -0.2) is 27.0 Å². The van der Waals surface area contributed by atoms with Crippen LogP contribution in [0.25, 0.3) is 5.69 Å². The lowest BCUT2D eigenvalue weighted by Gasteiger charge is -2.15. The summed E-state index contributed by atoms with van der Waals surface area (Å²) in [4.78, 5) is 30.4. The van der Waals surface area contributed by atoms with Gasteiger partial charge in [-0.1, -0.05) is 23.9 Å². The number of carbonyl (C=O) groups is 1. The minimum absolute atomic E-state index is 0.210. The summed E-state index contributed by atoms with van der Waals surface area (Å²) in [6.07, 6.45) is -4.02. The molecule has 0 aliphatic carbocycles. The average molecular weight is 481 g/mol. The second kappa shape index (κ2) is 8.99. The topological polar surface area (TPSA) is 64.0 Å². The van der Waals surface area contributed by atoms with Gasteiger partial charge in [0.1, 0.15) is 5.82 Å². The molecule has 1 amide bonds. The molecule has 11 heteroatoms. The van der Waals surface area contributed by atoms with Gasteiger partial charge in [0.25, 0.3) is 5.56 Å². The highest BCUT2D eigenvalue weighted by Gasteiger charge is 2.33. The van der Waals surface area contributed by atoms with E-state index in [1.54, 1.807) is 0 Å². The molecule has 0 fully saturated rings. The van der Waals surface area contributed by atoms with Gasteiger partial charge in [-0.25, -0.2) is 9.37 Å². The lowest BCUT2D eigenvalue weighted by molar-refractivity contribution is -0.137. The maximum Gasteiger partial charge on any atom is 0.418 e. The number of thioether (sulfide) groups is 2. The molecule has 1 N–H and O–H groups in total. The van der Waals surface area contributed by atoms with Crippen molar-refractivity contribution < 1.29 is 22.4 Å². The zero-order valence-corrected chi connectivity index (χ0v) is 17.9. The minimum atomic E-state index is -4.61. The third kappa shape index (κ3) is 4.68. The van der Waals surface area contributed by atoms with Crippen LogP contribution < -0.4 is 10.9 Å². The zero-order chi connectivity index (χ0) is 22.9. The summed E-state index contributed by atoms with van der Waals surface area (Å²) >= 11 is 2.30. The Hall–Kier alpha value is -2.79. The number of benzene rings is 2. The first kappa shape index (κ1) is 22.4. The van der Waals surface area contributed by atoms with E-state index in [9.17, 15) is 27.2 Å². The first-order chi connectivity index (χ1) is 15.2. The quantitative estimate of drug-likeness (QED) is 0.323. The highest BCUT2D eigenvalue weighted by Crippen LogP contribution is 2.35. The average Bonchev–Trinajstić information content (AvgIpc) is 3.22. The Balaban J connectivity index is 1.60. The molecule has 1 aromatic heterocycles. The molecule has 0 bridgehead atoms. The summed E-state index contributed by atoms with van der Waals surface area (Å²) in [6, 6.07) is 9.95. The molecule has 0 radical (unpaired) electrons. The second-order valence-electron chi connectivity index (χ2n) is 6.77. The number of anilines is 1. The van der Waals surface area contributed by atoms with Crippen molar-refractivity contribution in [3.8, 4) is 5.69 Å². The fourth-order valence-electron chi connectivity index (χ4n) is 3.16. The number of alkyl halides is 3. The molecule has 0 saturated carbocycles. The number of nitrogens with zero attached hydrogens (tertiary/aromatic N) is 2. The van der Waals surface area contributed by atoms with E-state index in [0.29, 0.717) is 28.5 Å². The monoisotopic (exact) mass is 481 g/mol. The van der Waals surface area contributed by atoms with Gasteiger partial charge in [0.2, 0.25) is 5.91 Å². The normalized spacial score (nSPS) is 13.1. The number of halogens is 4. The molecular weight excluding hydrogens is 466 g/mol. The second-order valence-corrected chi connectivity index (χ2v) is 8.81. The van der Waals surface area contributed by atoms with Crippen LogP contribution in [0.2, 0.25) is 0 Å². The van der Waals surface area contributed by atoms with Gasteiger partial charge >= 0.3 is 6.18 Å². The summed E-state index contributed by atoms with van der Waals surface area (Å²) in [5.74, 6) is -0.723. The van der Waals surface area contributed by atoms with Crippen LogP contribution in [0.5, 0.6) is 0 Å². The lowest BCUT2D eigenvalue weighted by atomic mass is 10.1. The zero-order valence-electron chi connectivity index (χ0n) is 16.3. The molecule has 0 unspecified atom stereocenters. The first-order valence-electron chi connectivity index (χ1n) is 9.37. The van der Waals surface area contributed by atoms with Crippen molar-refractivity contribution in [1.29, 1.82) is 0 Å². The Morgan fingerprint density at radius 3 is 2.59 bits per heavy atom. The number of carbonyl (C=O) groups excluding carboxylic acids is 1. The highest BCUT2D eigenvalue weighted by atomic mass is 32.2. The van der Waals surface area contributed by atoms with Crippen LogP contribution in [0.4, 0.5) is 23.2 Å².